The van der Waals surface area contributed by atoms with Gasteiger partial charge in [-0.15, -0.1) is 11.3 Å². The highest BCUT2D eigenvalue weighted by Crippen LogP contribution is 2.21. The van der Waals surface area contributed by atoms with Crippen LogP contribution in [-0.4, -0.2) is 15.6 Å². The van der Waals surface area contributed by atoms with E-state index in [1.807, 2.05) is 13.0 Å². The molecular weight excluding hydrogens is 214 g/mol. The fraction of sp³-hybridized carbons (Fsp3) is 0.200. The van der Waals surface area contributed by atoms with Crippen molar-refractivity contribution in [1.82, 2.24) is 4.57 Å². The van der Waals surface area contributed by atoms with Gasteiger partial charge in [0.2, 0.25) is 5.43 Å². The second-order valence-electron chi connectivity index (χ2n) is 3.36. The Kier molecular flexibility index (Phi) is 2.12. The Morgan fingerprint density at radius 2 is 2.20 bits per heavy atom. The summed E-state index contributed by atoms with van der Waals surface area (Å²) in [6, 6.07) is 1.88. The second-order valence-corrected chi connectivity index (χ2v) is 4.62. The quantitative estimate of drug-likeness (QED) is 0.799. The summed E-state index contributed by atoms with van der Waals surface area (Å²) in [5.41, 5.74) is 0.216. The lowest BCUT2D eigenvalue weighted by molar-refractivity contribution is 0.0695. The Hall–Kier alpha value is -1.62. The zero-order valence-corrected chi connectivity index (χ0v) is 9.09. The maximum absolute atomic E-state index is 11.8. The molecule has 2 heterocycles. The van der Waals surface area contributed by atoms with Crippen molar-refractivity contribution in [2.75, 3.05) is 0 Å². The zero-order chi connectivity index (χ0) is 11.2. The van der Waals surface area contributed by atoms with Crippen LogP contribution >= 0.6 is 11.3 Å². The summed E-state index contributed by atoms with van der Waals surface area (Å²) in [5, 5.41) is 8.85. The van der Waals surface area contributed by atoms with E-state index >= 15 is 0 Å². The van der Waals surface area contributed by atoms with Gasteiger partial charge >= 0.3 is 5.97 Å². The maximum atomic E-state index is 11.8. The van der Waals surface area contributed by atoms with Gasteiger partial charge in [-0.05, 0) is 13.0 Å². The highest BCUT2D eigenvalue weighted by atomic mass is 32.1. The molecule has 4 nitrogen and oxygen atoms in total. The Morgan fingerprint density at radius 1 is 1.53 bits per heavy atom. The number of hydrogen-bond donors (Lipinski definition) is 1. The number of carboxylic acids is 1. The molecule has 5 heteroatoms. The molecule has 0 atom stereocenters. The van der Waals surface area contributed by atoms with Crippen LogP contribution in [0.4, 0.5) is 0 Å². The number of nitrogens with zero attached hydrogens (tertiary/aromatic N) is 1. The molecule has 2 rings (SSSR count). The first-order chi connectivity index (χ1) is 7.00. The molecule has 0 aliphatic rings. The molecule has 15 heavy (non-hydrogen) atoms. The van der Waals surface area contributed by atoms with Crippen molar-refractivity contribution in [2.24, 2.45) is 7.05 Å². The molecule has 1 N–H and O–H groups in total. The molecule has 0 saturated heterocycles. The lowest BCUT2D eigenvalue weighted by Crippen LogP contribution is -2.16. The van der Waals surface area contributed by atoms with Gasteiger partial charge in [-0.1, -0.05) is 0 Å². The van der Waals surface area contributed by atoms with Crippen LogP contribution in [0.1, 0.15) is 15.2 Å². The monoisotopic (exact) mass is 223 g/mol. The number of fused-ring (bicyclic) bond motifs is 1. The second kappa shape index (κ2) is 3.20. The van der Waals surface area contributed by atoms with Gasteiger partial charge in [0, 0.05) is 18.1 Å². The van der Waals surface area contributed by atoms with E-state index in [4.69, 9.17) is 5.11 Å². The lowest BCUT2D eigenvalue weighted by Gasteiger charge is -2.01. The number of aromatic carboxylic acids is 1. The van der Waals surface area contributed by atoms with E-state index in [1.165, 1.54) is 17.5 Å². The first-order valence-electron chi connectivity index (χ1n) is 4.34. The predicted octanol–water partition coefficient (Wildman–Crippen LogP) is 1.61. The number of hydrogen-bond acceptors (Lipinski definition) is 3. The molecule has 2 aromatic rings. The smallest absolute Gasteiger partial charge is 0.341 e. The maximum Gasteiger partial charge on any atom is 0.341 e. The van der Waals surface area contributed by atoms with Gasteiger partial charge in [-0.3, -0.25) is 4.79 Å². The van der Waals surface area contributed by atoms with Crippen LogP contribution < -0.4 is 5.43 Å². The summed E-state index contributed by atoms with van der Waals surface area (Å²) in [5.74, 6) is -1.18. The van der Waals surface area contributed by atoms with Crippen LogP contribution in [0.15, 0.2) is 17.1 Å². The molecule has 0 bridgehead atoms. The largest absolute Gasteiger partial charge is 0.477 e. The average molecular weight is 223 g/mol. The van der Waals surface area contributed by atoms with Crippen molar-refractivity contribution in [2.45, 2.75) is 6.92 Å². The number of carbonyl (C=O) groups is 1. The summed E-state index contributed by atoms with van der Waals surface area (Å²) in [6.45, 7) is 1.89. The third-order valence-electron chi connectivity index (χ3n) is 2.22. The van der Waals surface area contributed by atoms with Gasteiger partial charge in [0.1, 0.15) is 5.56 Å². The standard InChI is InChI=1S/C10H9NO3S/c1-5-3-7-9(15-5)8(12)6(10(13)14)4-11(7)2/h3-4H,1-2H3,(H,13,14). The molecule has 0 radical (unpaired) electrons. The van der Waals surface area contributed by atoms with Crippen LogP contribution in [0, 0.1) is 6.92 Å². The number of rotatable bonds is 1. The van der Waals surface area contributed by atoms with Crippen molar-refractivity contribution in [3.63, 3.8) is 0 Å². The molecule has 0 fully saturated rings. The van der Waals surface area contributed by atoms with E-state index in [2.05, 4.69) is 0 Å². The van der Waals surface area contributed by atoms with Crippen molar-refractivity contribution >= 4 is 27.5 Å². The van der Waals surface area contributed by atoms with Crippen molar-refractivity contribution in [3.05, 3.63) is 32.9 Å². The number of carboxylic acid groups (broad SMARTS) is 1. The third-order valence-corrected chi connectivity index (χ3v) is 3.26. The van der Waals surface area contributed by atoms with Gasteiger partial charge in [-0.25, -0.2) is 4.79 Å². The third kappa shape index (κ3) is 1.45. The lowest BCUT2D eigenvalue weighted by atomic mass is 10.2. The molecular formula is C10H9NO3S. The molecule has 0 spiro atoms. The molecule has 0 saturated carbocycles. The van der Waals surface area contributed by atoms with Crippen LogP contribution in [0.3, 0.4) is 0 Å². The van der Waals surface area contributed by atoms with Gasteiger partial charge in [0.05, 0.1) is 10.2 Å². The van der Waals surface area contributed by atoms with Gasteiger partial charge < -0.3 is 9.67 Å². The highest BCUT2D eigenvalue weighted by molar-refractivity contribution is 7.18. The number of pyridine rings is 1. The minimum absolute atomic E-state index is 0.174. The van der Waals surface area contributed by atoms with Crippen LogP contribution in [-0.2, 0) is 7.05 Å². The predicted molar refractivity (Wildman–Crippen MR) is 58.8 cm³/mol. The molecule has 2 aromatic heterocycles. The first kappa shape index (κ1) is 9.92. The molecule has 0 amide bonds. The molecule has 0 aliphatic heterocycles. The van der Waals surface area contributed by atoms with E-state index in [1.54, 1.807) is 11.6 Å². The fourth-order valence-electron chi connectivity index (χ4n) is 1.52. The molecule has 0 unspecified atom stereocenters. The number of thiophene rings is 1. The van der Waals surface area contributed by atoms with Gasteiger partial charge in [0.15, 0.2) is 0 Å². The minimum Gasteiger partial charge on any atom is -0.477 e. The minimum atomic E-state index is -1.18. The van der Waals surface area contributed by atoms with E-state index in [0.29, 0.717) is 4.70 Å². The average Bonchev–Trinajstić information content (AvgIpc) is 2.53. The summed E-state index contributed by atoms with van der Waals surface area (Å²) >= 11 is 1.33. The fourth-order valence-corrected chi connectivity index (χ4v) is 2.52. The topological polar surface area (TPSA) is 59.3 Å². The number of aryl methyl sites for hydroxylation is 2. The van der Waals surface area contributed by atoms with Crippen molar-refractivity contribution < 1.29 is 9.90 Å². The highest BCUT2D eigenvalue weighted by Gasteiger charge is 2.14. The normalized spacial score (nSPS) is 10.8. The molecule has 78 valence electrons. The van der Waals surface area contributed by atoms with E-state index < -0.39 is 11.4 Å². The van der Waals surface area contributed by atoms with E-state index in [-0.39, 0.29) is 5.56 Å². The van der Waals surface area contributed by atoms with Crippen molar-refractivity contribution in [3.8, 4) is 0 Å². The number of aromatic nitrogens is 1. The Bertz CT molecular complexity index is 609. The zero-order valence-electron chi connectivity index (χ0n) is 8.27. The van der Waals surface area contributed by atoms with E-state index in [0.717, 1.165) is 10.4 Å². The molecule has 0 aliphatic carbocycles. The summed E-state index contributed by atoms with van der Waals surface area (Å²) in [7, 11) is 1.74. The van der Waals surface area contributed by atoms with E-state index in [9.17, 15) is 9.59 Å². The summed E-state index contributed by atoms with van der Waals surface area (Å²) < 4.78 is 2.18. The van der Waals surface area contributed by atoms with Gasteiger partial charge in [0.25, 0.3) is 0 Å². The Balaban J connectivity index is 2.96. The molecule has 0 aromatic carbocycles. The van der Waals surface area contributed by atoms with Gasteiger partial charge in [-0.2, -0.15) is 0 Å². The first-order valence-corrected chi connectivity index (χ1v) is 5.15. The summed E-state index contributed by atoms with van der Waals surface area (Å²) in [6.07, 6.45) is 1.36. The Morgan fingerprint density at radius 3 is 2.80 bits per heavy atom. The van der Waals surface area contributed by atoms with Crippen LogP contribution in [0.25, 0.3) is 10.2 Å². The Labute approximate surface area is 89.4 Å². The SMILES string of the molecule is Cc1cc2c(s1)c(=O)c(C(=O)O)cn2C. The van der Waals surface area contributed by atoms with Crippen molar-refractivity contribution in [1.29, 1.82) is 0 Å². The van der Waals surface area contributed by atoms with Crippen LogP contribution in [0.5, 0.6) is 0 Å². The van der Waals surface area contributed by atoms with Crippen LogP contribution in [0.2, 0.25) is 0 Å². The summed E-state index contributed by atoms with van der Waals surface area (Å²) in [4.78, 5) is 23.6.